The lowest BCUT2D eigenvalue weighted by Gasteiger charge is -2.41. The van der Waals surface area contributed by atoms with Gasteiger partial charge in [-0.05, 0) is 97.5 Å². The van der Waals surface area contributed by atoms with Crippen LogP contribution in [0.4, 0.5) is 8.78 Å². The van der Waals surface area contributed by atoms with Gasteiger partial charge in [0.05, 0.1) is 11.0 Å². The Morgan fingerprint density at radius 2 is 1.45 bits per heavy atom. The molecule has 1 amide bonds. The summed E-state index contributed by atoms with van der Waals surface area (Å²) in [6, 6.07) is 21.7. The Bertz CT molecular complexity index is 1850. The molecule has 4 aromatic rings. The van der Waals surface area contributed by atoms with E-state index in [9.17, 15) is 13.2 Å². The van der Waals surface area contributed by atoms with Gasteiger partial charge in [-0.25, -0.2) is 8.42 Å². The third-order valence-corrected chi connectivity index (χ3v) is 11.4. The van der Waals surface area contributed by atoms with Crippen molar-refractivity contribution in [1.29, 1.82) is 0 Å². The SMILES string of the molecule is NC1CC2CCC(C1)N2C(=O)[C@H](NS(=O)(=O)c1ccc2cc(OC3CCCC3)ccc2c1)C(F)(F)c1ccc(-c2ccccc2)cc1. The second-order valence-electron chi connectivity index (χ2n) is 13.2. The smallest absolute Gasteiger partial charge is 0.298 e. The van der Waals surface area contributed by atoms with Gasteiger partial charge < -0.3 is 15.4 Å². The molecule has 3 fully saturated rings. The standard InChI is InChI=1S/C37H39F2N3O4S/c38-37(39,28-14-10-25(11-15-28)24-6-2-1-3-7-24)35(36(43)42-30-16-17-31(42)23-29(40)22-30)41-47(44,45)34-19-13-26-20-33(18-12-27(26)21-34)46-32-8-4-5-9-32/h1-3,6-7,10-15,18-21,29-32,35,41H,4-5,8-9,16-17,22-23,40H2/t29?,30?,31?,35-/m0/s1. The van der Waals surface area contributed by atoms with E-state index in [0.29, 0.717) is 36.8 Å². The minimum atomic E-state index is -4.56. The van der Waals surface area contributed by atoms with E-state index in [2.05, 4.69) is 4.72 Å². The van der Waals surface area contributed by atoms with Gasteiger partial charge in [-0.3, -0.25) is 4.79 Å². The van der Waals surface area contributed by atoms with Crippen molar-refractivity contribution in [3.05, 3.63) is 96.6 Å². The number of halogens is 2. The minimum Gasteiger partial charge on any atom is -0.490 e. The van der Waals surface area contributed by atoms with Gasteiger partial charge in [-0.2, -0.15) is 13.5 Å². The third kappa shape index (κ3) is 6.38. The van der Waals surface area contributed by atoms with Crippen LogP contribution in [0, 0.1) is 0 Å². The number of nitrogens with two attached hydrogens (primary N) is 1. The van der Waals surface area contributed by atoms with Crippen LogP contribution in [0.1, 0.15) is 56.9 Å². The maximum Gasteiger partial charge on any atom is 0.298 e. The molecule has 4 aromatic carbocycles. The highest BCUT2D eigenvalue weighted by Gasteiger charge is 2.53. The van der Waals surface area contributed by atoms with Crippen molar-refractivity contribution in [1.82, 2.24) is 9.62 Å². The lowest BCUT2D eigenvalue weighted by Crippen LogP contribution is -2.60. The number of carbonyl (C=O) groups excluding carboxylic acids is 1. The summed E-state index contributed by atoms with van der Waals surface area (Å²) in [6.45, 7) is 0. The molecule has 7 rings (SSSR count). The van der Waals surface area contributed by atoms with Crippen LogP contribution < -0.4 is 15.2 Å². The van der Waals surface area contributed by atoms with Crippen molar-refractivity contribution in [3.63, 3.8) is 0 Å². The molecule has 0 aromatic heterocycles. The molecule has 1 saturated carbocycles. The van der Waals surface area contributed by atoms with Gasteiger partial charge in [-0.15, -0.1) is 0 Å². The Kier molecular flexibility index (Phi) is 8.53. The monoisotopic (exact) mass is 659 g/mol. The molecule has 10 heteroatoms. The van der Waals surface area contributed by atoms with E-state index in [1.54, 1.807) is 30.3 Å². The molecule has 2 bridgehead atoms. The maximum absolute atomic E-state index is 16.6. The Morgan fingerprint density at radius 3 is 2.13 bits per heavy atom. The number of benzene rings is 4. The van der Waals surface area contributed by atoms with E-state index in [-0.39, 0.29) is 29.1 Å². The summed E-state index contributed by atoms with van der Waals surface area (Å²) in [7, 11) is -4.56. The first kappa shape index (κ1) is 31.7. The number of nitrogens with zero attached hydrogens (tertiary/aromatic N) is 1. The minimum absolute atomic E-state index is 0.126. The summed E-state index contributed by atoms with van der Waals surface area (Å²) < 4.78 is 69.2. The predicted octanol–water partition coefficient (Wildman–Crippen LogP) is 6.75. The number of carbonyl (C=O) groups is 1. The Morgan fingerprint density at radius 1 is 0.830 bits per heavy atom. The van der Waals surface area contributed by atoms with E-state index in [0.717, 1.165) is 42.2 Å². The second-order valence-corrected chi connectivity index (χ2v) is 14.9. The number of amides is 1. The lowest BCUT2D eigenvalue weighted by molar-refractivity contribution is -0.149. The van der Waals surface area contributed by atoms with Gasteiger partial charge in [-0.1, -0.05) is 66.7 Å². The maximum atomic E-state index is 16.6. The summed E-state index contributed by atoms with van der Waals surface area (Å²) in [4.78, 5) is 15.4. The highest BCUT2D eigenvalue weighted by atomic mass is 32.2. The normalized spacial score (nSPS) is 22.4. The van der Waals surface area contributed by atoms with E-state index in [1.807, 2.05) is 36.4 Å². The quantitative estimate of drug-likeness (QED) is 0.207. The number of alkyl halides is 2. The van der Waals surface area contributed by atoms with Crippen LogP contribution in [0.5, 0.6) is 5.75 Å². The van der Waals surface area contributed by atoms with E-state index < -0.39 is 33.5 Å². The van der Waals surface area contributed by atoms with E-state index >= 15 is 8.78 Å². The molecule has 246 valence electrons. The Balaban J connectivity index is 1.20. The first-order chi connectivity index (χ1) is 22.6. The fraction of sp³-hybridized carbons (Fsp3) is 0.378. The Hall–Kier alpha value is -3.86. The molecular weight excluding hydrogens is 620 g/mol. The van der Waals surface area contributed by atoms with Crippen LogP contribution in [0.15, 0.2) is 95.9 Å². The van der Waals surface area contributed by atoms with E-state index in [1.165, 1.54) is 29.2 Å². The molecule has 3 N–H and O–H groups in total. The summed E-state index contributed by atoms with van der Waals surface area (Å²) in [5.74, 6) is -4.08. The van der Waals surface area contributed by atoms with Crippen molar-refractivity contribution in [3.8, 4) is 16.9 Å². The molecule has 3 aliphatic rings. The summed E-state index contributed by atoms with van der Waals surface area (Å²) >= 11 is 0. The molecule has 2 aliphatic heterocycles. The van der Waals surface area contributed by atoms with Crippen LogP contribution in [-0.2, 0) is 20.7 Å². The number of hydrogen-bond donors (Lipinski definition) is 2. The van der Waals surface area contributed by atoms with Crippen LogP contribution in [0.25, 0.3) is 21.9 Å². The van der Waals surface area contributed by atoms with Gasteiger partial charge in [0.1, 0.15) is 5.75 Å². The van der Waals surface area contributed by atoms with Gasteiger partial charge in [0.25, 0.3) is 5.92 Å². The van der Waals surface area contributed by atoms with Gasteiger partial charge in [0, 0.05) is 23.7 Å². The first-order valence-electron chi connectivity index (χ1n) is 16.4. The van der Waals surface area contributed by atoms with Gasteiger partial charge in [0.2, 0.25) is 15.9 Å². The fourth-order valence-electron chi connectivity index (χ4n) is 7.55. The molecule has 47 heavy (non-hydrogen) atoms. The Labute approximate surface area is 274 Å². The molecular formula is C37H39F2N3O4S. The number of piperidine rings is 1. The number of nitrogens with one attached hydrogen (secondary N) is 1. The predicted molar refractivity (Wildman–Crippen MR) is 178 cm³/mol. The van der Waals surface area contributed by atoms with Crippen molar-refractivity contribution in [2.24, 2.45) is 5.73 Å². The number of hydrogen-bond acceptors (Lipinski definition) is 5. The average Bonchev–Trinajstić information content (AvgIpc) is 3.68. The van der Waals surface area contributed by atoms with Gasteiger partial charge in [0.15, 0.2) is 6.04 Å². The number of rotatable bonds is 9. The highest BCUT2D eigenvalue weighted by Crippen LogP contribution is 2.40. The molecule has 0 radical (unpaired) electrons. The zero-order valence-electron chi connectivity index (χ0n) is 26.0. The molecule has 3 atom stereocenters. The zero-order valence-corrected chi connectivity index (χ0v) is 26.8. The highest BCUT2D eigenvalue weighted by molar-refractivity contribution is 7.89. The summed E-state index contributed by atoms with van der Waals surface area (Å²) in [5.41, 5.74) is 7.33. The fourth-order valence-corrected chi connectivity index (χ4v) is 8.78. The van der Waals surface area contributed by atoms with Gasteiger partial charge >= 0.3 is 0 Å². The zero-order chi connectivity index (χ0) is 32.8. The van der Waals surface area contributed by atoms with Crippen LogP contribution >= 0.6 is 0 Å². The molecule has 2 unspecified atom stereocenters. The van der Waals surface area contributed by atoms with Crippen LogP contribution in [0.2, 0.25) is 0 Å². The topological polar surface area (TPSA) is 102 Å². The van der Waals surface area contributed by atoms with Crippen molar-refractivity contribution in [2.75, 3.05) is 0 Å². The van der Waals surface area contributed by atoms with E-state index in [4.69, 9.17) is 10.5 Å². The third-order valence-electron chi connectivity index (χ3n) is 9.98. The van der Waals surface area contributed by atoms with Crippen LogP contribution in [0.3, 0.4) is 0 Å². The summed E-state index contributed by atoms with van der Waals surface area (Å²) in [6.07, 6.45) is 6.76. The molecule has 2 heterocycles. The molecule has 1 aliphatic carbocycles. The van der Waals surface area contributed by atoms with Crippen molar-refractivity contribution >= 4 is 26.7 Å². The average molecular weight is 660 g/mol. The summed E-state index contributed by atoms with van der Waals surface area (Å²) in [5, 5.41) is 1.37. The molecule has 2 saturated heterocycles. The number of sulfonamides is 1. The largest absolute Gasteiger partial charge is 0.490 e. The van der Waals surface area contributed by atoms with Crippen molar-refractivity contribution in [2.45, 2.75) is 92.5 Å². The molecule has 0 spiro atoms. The number of fused-ring (bicyclic) bond motifs is 3. The number of ether oxygens (including phenoxy) is 1. The second kappa shape index (κ2) is 12.6. The first-order valence-corrected chi connectivity index (χ1v) is 17.9. The lowest BCUT2D eigenvalue weighted by atomic mass is 9.94. The van der Waals surface area contributed by atoms with Crippen molar-refractivity contribution < 1.29 is 26.7 Å². The molecule has 7 nitrogen and oxygen atoms in total. The van der Waals surface area contributed by atoms with Crippen LogP contribution in [-0.4, -0.2) is 49.5 Å².